The Labute approximate surface area is 211 Å². The van der Waals surface area contributed by atoms with Crippen LogP contribution in [0.5, 0.6) is 0 Å². The lowest BCUT2D eigenvalue weighted by atomic mass is 9.71. The van der Waals surface area contributed by atoms with Gasteiger partial charge >= 0.3 is 12.1 Å². The Balaban J connectivity index is 2.07. The number of alkyl halides is 3. The molecule has 0 bridgehead atoms. The number of hydrogen-bond acceptors (Lipinski definition) is 2. The molecule has 1 amide bonds. The number of hydrogen-bond donors (Lipinski definition) is 2. The van der Waals surface area contributed by atoms with Crippen LogP contribution in [0.2, 0.25) is 0 Å². The quantitative estimate of drug-likeness (QED) is 0.439. The molecule has 0 aromatic carbocycles. The zero-order chi connectivity index (χ0) is 27.1. The highest BCUT2D eigenvalue weighted by Crippen LogP contribution is 2.48. The number of allylic oxidation sites excluding steroid dienone is 3. The number of carboxylic acid groups (broad SMARTS) is 1. The van der Waals surface area contributed by atoms with E-state index in [1.165, 1.54) is 32.4 Å². The molecule has 2 N–H and O–H groups in total. The van der Waals surface area contributed by atoms with Crippen LogP contribution in [0.3, 0.4) is 0 Å². The van der Waals surface area contributed by atoms with Crippen LogP contribution < -0.4 is 5.32 Å². The maximum atomic E-state index is 14.4. The number of halogens is 3. The number of carboxylic acids is 1. The standard InChI is InChI=1S/C28H39F3N2O3/c1-17-20(24(34)35)15-23(33(17)16-18-10-8-7-9-11-18)19-12-13-21(22(14-19)28(29,30)31)27(5,6)25(36)32-26(2,3)4/h12-13,15,18,22H,7-11,14,16H2,1-6H3,(H,32,36)(H,34,35). The van der Waals surface area contributed by atoms with Gasteiger partial charge in [-0.15, -0.1) is 0 Å². The third-order valence-electron chi connectivity index (χ3n) is 7.53. The average molecular weight is 509 g/mol. The Kier molecular flexibility index (Phi) is 7.87. The Morgan fingerprint density at radius 2 is 1.67 bits per heavy atom. The molecule has 0 spiro atoms. The summed E-state index contributed by atoms with van der Waals surface area (Å²) in [6, 6.07) is 1.51. The number of rotatable bonds is 6. The minimum atomic E-state index is -4.56. The highest BCUT2D eigenvalue weighted by atomic mass is 19.4. The van der Waals surface area contributed by atoms with Crippen LogP contribution in [-0.2, 0) is 11.3 Å². The SMILES string of the molecule is Cc1c(C(=O)O)cc(C2=CC=C(C(C)(C)C(=O)NC(C)(C)C)C(C(F)(F)F)C2)n1CC1CCCCC1. The van der Waals surface area contributed by atoms with E-state index < -0.39 is 34.9 Å². The van der Waals surface area contributed by atoms with Crippen LogP contribution in [-0.4, -0.2) is 33.3 Å². The van der Waals surface area contributed by atoms with E-state index in [2.05, 4.69) is 5.32 Å². The van der Waals surface area contributed by atoms with Crippen LogP contribution in [0.4, 0.5) is 13.2 Å². The van der Waals surface area contributed by atoms with Gasteiger partial charge in [0.2, 0.25) is 5.91 Å². The fraction of sp³-hybridized carbons (Fsp3) is 0.643. The van der Waals surface area contributed by atoms with Gasteiger partial charge in [-0.3, -0.25) is 4.79 Å². The predicted molar refractivity (Wildman–Crippen MR) is 135 cm³/mol. The van der Waals surface area contributed by atoms with Gasteiger partial charge in [0, 0.05) is 23.5 Å². The first kappa shape index (κ1) is 28.1. The Morgan fingerprint density at radius 1 is 1.06 bits per heavy atom. The van der Waals surface area contributed by atoms with Crippen molar-refractivity contribution in [2.45, 2.75) is 98.3 Å². The summed E-state index contributed by atoms with van der Waals surface area (Å²) in [6.45, 7) is 10.7. The van der Waals surface area contributed by atoms with Crippen LogP contribution in [0.15, 0.2) is 23.8 Å². The molecule has 2 aliphatic rings. The van der Waals surface area contributed by atoms with Crippen molar-refractivity contribution in [3.8, 4) is 0 Å². The van der Waals surface area contributed by atoms with Gasteiger partial charge in [0.1, 0.15) is 0 Å². The molecule has 8 heteroatoms. The summed E-state index contributed by atoms with van der Waals surface area (Å²) in [5.41, 5.74) is -0.292. The van der Waals surface area contributed by atoms with Crippen molar-refractivity contribution in [1.29, 1.82) is 0 Å². The van der Waals surface area contributed by atoms with E-state index >= 15 is 0 Å². The second-order valence-electron chi connectivity index (χ2n) is 11.9. The molecule has 36 heavy (non-hydrogen) atoms. The van der Waals surface area contributed by atoms with Crippen molar-refractivity contribution in [3.63, 3.8) is 0 Å². The van der Waals surface area contributed by atoms with Gasteiger partial charge in [0.25, 0.3) is 0 Å². The summed E-state index contributed by atoms with van der Waals surface area (Å²) in [5.74, 6) is -3.02. The maximum absolute atomic E-state index is 14.4. The lowest BCUT2D eigenvalue weighted by Gasteiger charge is -2.38. The van der Waals surface area contributed by atoms with E-state index in [0.717, 1.165) is 25.7 Å². The van der Waals surface area contributed by atoms with Crippen LogP contribution >= 0.6 is 0 Å². The zero-order valence-electron chi connectivity index (χ0n) is 22.2. The van der Waals surface area contributed by atoms with E-state index in [0.29, 0.717) is 29.4 Å². The van der Waals surface area contributed by atoms with Crippen LogP contribution in [0.1, 0.15) is 94.9 Å². The topological polar surface area (TPSA) is 71.3 Å². The second-order valence-corrected chi connectivity index (χ2v) is 11.9. The molecule has 1 atom stereocenters. The first-order valence-corrected chi connectivity index (χ1v) is 12.8. The third kappa shape index (κ3) is 6.06. The van der Waals surface area contributed by atoms with E-state index in [1.807, 2.05) is 4.57 Å². The van der Waals surface area contributed by atoms with Crippen molar-refractivity contribution in [2.24, 2.45) is 17.3 Å². The van der Waals surface area contributed by atoms with E-state index in [4.69, 9.17) is 0 Å². The smallest absolute Gasteiger partial charge is 0.395 e. The molecule has 200 valence electrons. The summed E-state index contributed by atoms with van der Waals surface area (Å²) in [5, 5.41) is 12.5. The van der Waals surface area contributed by atoms with Crippen LogP contribution in [0, 0.1) is 24.2 Å². The molecule has 1 heterocycles. The maximum Gasteiger partial charge on any atom is 0.395 e. The van der Waals surface area contributed by atoms with Crippen molar-refractivity contribution in [2.75, 3.05) is 0 Å². The molecule has 2 aliphatic carbocycles. The number of carbonyl (C=O) groups is 2. The minimum absolute atomic E-state index is 0.0149. The fourth-order valence-corrected chi connectivity index (χ4v) is 5.45. The number of aromatic nitrogens is 1. The predicted octanol–water partition coefficient (Wildman–Crippen LogP) is 6.91. The van der Waals surface area contributed by atoms with E-state index in [9.17, 15) is 27.9 Å². The third-order valence-corrected chi connectivity index (χ3v) is 7.53. The van der Waals surface area contributed by atoms with Gasteiger partial charge in [-0.25, -0.2) is 4.79 Å². The molecule has 1 saturated carbocycles. The zero-order valence-corrected chi connectivity index (χ0v) is 22.2. The normalized spacial score (nSPS) is 20.1. The van der Waals surface area contributed by atoms with Gasteiger partial charge in [-0.05, 0) is 83.9 Å². The number of nitrogens with zero attached hydrogens (tertiary/aromatic N) is 1. The summed E-state index contributed by atoms with van der Waals surface area (Å²) >= 11 is 0. The largest absolute Gasteiger partial charge is 0.478 e. The first-order chi connectivity index (χ1) is 16.5. The van der Waals surface area contributed by atoms with Gasteiger partial charge < -0.3 is 15.0 Å². The highest BCUT2D eigenvalue weighted by Gasteiger charge is 2.50. The molecule has 1 fully saturated rings. The number of aromatic carboxylic acids is 1. The minimum Gasteiger partial charge on any atom is -0.478 e. The van der Waals surface area contributed by atoms with Gasteiger partial charge in [0.15, 0.2) is 0 Å². The molecule has 1 aromatic heterocycles. The molecule has 0 radical (unpaired) electrons. The van der Waals surface area contributed by atoms with Gasteiger partial charge in [0.05, 0.1) is 16.9 Å². The molecule has 0 aliphatic heterocycles. The summed E-state index contributed by atoms with van der Waals surface area (Å²) in [7, 11) is 0. The molecular formula is C28H39F3N2O3. The Morgan fingerprint density at radius 3 is 2.19 bits per heavy atom. The molecule has 5 nitrogen and oxygen atoms in total. The molecule has 0 saturated heterocycles. The van der Waals surface area contributed by atoms with Crippen molar-refractivity contribution < 1.29 is 27.9 Å². The van der Waals surface area contributed by atoms with E-state index in [1.54, 1.807) is 33.8 Å². The second kappa shape index (κ2) is 10.1. The highest BCUT2D eigenvalue weighted by molar-refractivity contribution is 5.91. The van der Waals surface area contributed by atoms with Crippen LogP contribution in [0.25, 0.3) is 5.57 Å². The number of nitrogens with one attached hydrogen (secondary N) is 1. The summed E-state index contributed by atoms with van der Waals surface area (Å²) in [4.78, 5) is 24.9. The number of amides is 1. The molecular weight excluding hydrogens is 469 g/mol. The van der Waals surface area contributed by atoms with Crippen molar-refractivity contribution in [1.82, 2.24) is 9.88 Å². The molecule has 1 unspecified atom stereocenters. The fourth-order valence-electron chi connectivity index (χ4n) is 5.45. The Bertz CT molecular complexity index is 1070. The molecule has 1 aromatic rings. The van der Waals surface area contributed by atoms with E-state index in [-0.39, 0.29) is 17.6 Å². The number of carbonyl (C=O) groups excluding carboxylic acids is 1. The lowest BCUT2D eigenvalue weighted by molar-refractivity contribution is -0.167. The first-order valence-electron chi connectivity index (χ1n) is 12.8. The van der Waals surface area contributed by atoms with Crippen molar-refractivity contribution >= 4 is 17.4 Å². The summed E-state index contributed by atoms with van der Waals surface area (Å²) < 4.78 is 45.1. The van der Waals surface area contributed by atoms with Crippen molar-refractivity contribution in [3.05, 3.63) is 40.7 Å². The molecule has 3 rings (SSSR count). The lowest BCUT2D eigenvalue weighted by Crippen LogP contribution is -2.49. The van der Waals surface area contributed by atoms with Gasteiger partial charge in [-0.1, -0.05) is 31.4 Å². The Hall–Kier alpha value is -2.51. The summed E-state index contributed by atoms with van der Waals surface area (Å²) in [6.07, 6.45) is 3.64. The van der Waals surface area contributed by atoms with Gasteiger partial charge in [-0.2, -0.15) is 13.2 Å². The monoisotopic (exact) mass is 508 g/mol. The average Bonchev–Trinajstić information content (AvgIpc) is 3.08.